The van der Waals surface area contributed by atoms with E-state index < -0.39 is 28.3 Å². The Labute approximate surface area is 70.6 Å². The van der Waals surface area contributed by atoms with Crippen molar-refractivity contribution in [3.63, 3.8) is 0 Å². The second-order valence-corrected chi connectivity index (χ2v) is 2.25. The molecular formula is C6H2ClF2NO2. The van der Waals surface area contributed by atoms with Crippen LogP contribution in [0.3, 0.4) is 0 Å². The Morgan fingerprint density at radius 3 is 2.58 bits per heavy atom. The van der Waals surface area contributed by atoms with E-state index >= 15 is 0 Å². The van der Waals surface area contributed by atoms with Crippen molar-refractivity contribution in [1.82, 2.24) is 4.98 Å². The molecular weight excluding hydrogens is 192 g/mol. The Kier molecular flexibility index (Phi) is 2.23. The van der Waals surface area contributed by atoms with Gasteiger partial charge < -0.3 is 5.11 Å². The van der Waals surface area contributed by atoms with Crippen LogP contribution in [0.4, 0.5) is 8.78 Å². The minimum Gasteiger partial charge on any atom is -0.477 e. The van der Waals surface area contributed by atoms with E-state index in [1.807, 2.05) is 0 Å². The van der Waals surface area contributed by atoms with Crippen LogP contribution < -0.4 is 0 Å². The van der Waals surface area contributed by atoms with Gasteiger partial charge in [-0.25, -0.2) is 18.6 Å². The number of nitrogens with zero attached hydrogens (tertiary/aromatic N) is 1. The third kappa shape index (κ3) is 1.35. The zero-order valence-electron chi connectivity index (χ0n) is 5.51. The Hall–Kier alpha value is -1.23. The van der Waals surface area contributed by atoms with Gasteiger partial charge >= 0.3 is 5.97 Å². The summed E-state index contributed by atoms with van der Waals surface area (Å²) in [5.41, 5.74) is -1.09. The summed E-state index contributed by atoms with van der Waals surface area (Å²) >= 11 is 5.11. The second-order valence-electron chi connectivity index (χ2n) is 1.89. The fraction of sp³-hybridized carbons (Fsp3) is 0. The van der Waals surface area contributed by atoms with Gasteiger partial charge in [0, 0.05) is 0 Å². The maximum absolute atomic E-state index is 12.7. The Morgan fingerprint density at radius 2 is 2.17 bits per heavy atom. The normalized spacial score (nSPS) is 9.92. The summed E-state index contributed by atoms with van der Waals surface area (Å²) in [7, 11) is 0. The summed E-state index contributed by atoms with van der Waals surface area (Å²) in [6, 6.07) is 0. The van der Waals surface area contributed by atoms with E-state index in [4.69, 9.17) is 16.7 Å². The average Bonchev–Trinajstić information content (AvgIpc) is 1.97. The number of aromatic nitrogens is 1. The molecule has 0 aromatic carbocycles. The smallest absolute Gasteiger partial charge is 0.341 e. The van der Waals surface area contributed by atoms with Gasteiger partial charge in [-0.15, -0.1) is 0 Å². The van der Waals surface area contributed by atoms with Gasteiger partial charge in [0.15, 0.2) is 16.8 Å². The lowest BCUT2D eigenvalue weighted by Crippen LogP contribution is -2.05. The maximum atomic E-state index is 12.7. The van der Waals surface area contributed by atoms with Crippen LogP contribution in [0.5, 0.6) is 0 Å². The van der Waals surface area contributed by atoms with Crippen LogP contribution in [0.1, 0.15) is 10.4 Å². The van der Waals surface area contributed by atoms with Crippen LogP contribution in [-0.2, 0) is 0 Å². The maximum Gasteiger partial charge on any atom is 0.341 e. The molecule has 0 saturated carbocycles. The minimum atomic E-state index is -1.71. The number of pyridine rings is 1. The van der Waals surface area contributed by atoms with E-state index in [1.54, 1.807) is 0 Å². The van der Waals surface area contributed by atoms with Gasteiger partial charge in [0.25, 0.3) is 0 Å². The molecule has 0 aliphatic heterocycles. The van der Waals surface area contributed by atoms with Gasteiger partial charge in [0.1, 0.15) is 5.56 Å². The van der Waals surface area contributed by atoms with Crippen molar-refractivity contribution in [2.75, 3.05) is 0 Å². The summed E-state index contributed by atoms with van der Waals surface area (Å²) in [5, 5.41) is 7.65. The highest BCUT2D eigenvalue weighted by atomic mass is 35.5. The molecule has 0 aliphatic rings. The molecule has 64 valence electrons. The molecule has 1 aromatic rings. The lowest BCUT2D eigenvalue weighted by atomic mass is 10.2. The third-order valence-corrected chi connectivity index (χ3v) is 1.41. The van der Waals surface area contributed by atoms with Crippen molar-refractivity contribution in [3.8, 4) is 0 Å². The van der Waals surface area contributed by atoms with Gasteiger partial charge in [-0.1, -0.05) is 11.6 Å². The zero-order chi connectivity index (χ0) is 9.30. The number of carboxylic acids is 1. The van der Waals surface area contributed by atoms with E-state index in [1.165, 1.54) is 0 Å². The highest BCUT2D eigenvalue weighted by molar-refractivity contribution is 6.29. The topological polar surface area (TPSA) is 50.2 Å². The Morgan fingerprint density at radius 1 is 1.58 bits per heavy atom. The van der Waals surface area contributed by atoms with Crippen LogP contribution in [-0.4, -0.2) is 16.1 Å². The molecule has 6 heteroatoms. The molecule has 0 saturated heterocycles. The van der Waals surface area contributed by atoms with Gasteiger partial charge in [0.2, 0.25) is 0 Å². The van der Waals surface area contributed by atoms with E-state index in [0.717, 1.165) is 0 Å². The van der Waals surface area contributed by atoms with Gasteiger partial charge in [0.05, 0.1) is 6.20 Å². The fourth-order valence-corrected chi connectivity index (χ4v) is 0.782. The summed E-state index contributed by atoms with van der Waals surface area (Å²) in [4.78, 5) is 13.3. The van der Waals surface area contributed by atoms with Gasteiger partial charge in [-0.3, -0.25) is 0 Å². The Bertz CT molecular complexity index is 343. The van der Waals surface area contributed by atoms with Crippen LogP contribution in [0.25, 0.3) is 0 Å². The molecule has 0 atom stereocenters. The molecule has 0 aliphatic carbocycles. The number of carboxylic acid groups (broad SMARTS) is 1. The van der Waals surface area contributed by atoms with E-state index in [9.17, 15) is 13.6 Å². The quantitative estimate of drug-likeness (QED) is 0.691. The predicted octanol–water partition coefficient (Wildman–Crippen LogP) is 1.71. The Balaban J connectivity index is 3.43. The molecule has 12 heavy (non-hydrogen) atoms. The van der Waals surface area contributed by atoms with Crippen molar-refractivity contribution < 1.29 is 18.7 Å². The molecule has 0 spiro atoms. The average molecular weight is 194 g/mol. The fourth-order valence-electron chi connectivity index (χ4n) is 0.639. The first-order valence-electron chi connectivity index (χ1n) is 2.77. The minimum absolute atomic E-state index is 0.550. The van der Waals surface area contributed by atoms with Crippen LogP contribution in [0.2, 0.25) is 5.15 Å². The number of rotatable bonds is 1. The van der Waals surface area contributed by atoms with Crippen molar-refractivity contribution in [2.45, 2.75) is 0 Å². The predicted molar refractivity (Wildman–Crippen MR) is 36.1 cm³/mol. The largest absolute Gasteiger partial charge is 0.477 e. The molecule has 0 amide bonds. The third-order valence-electron chi connectivity index (χ3n) is 1.14. The molecule has 1 N–H and O–H groups in total. The van der Waals surface area contributed by atoms with Gasteiger partial charge in [-0.05, 0) is 0 Å². The van der Waals surface area contributed by atoms with Crippen LogP contribution in [0.15, 0.2) is 6.20 Å². The number of carbonyl (C=O) groups is 1. The van der Waals surface area contributed by atoms with Crippen molar-refractivity contribution in [1.29, 1.82) is 0 Å². The summed E-state index contributed by atoms with van der Waals surface area (Å²) in [5.74, 6) is -4.32. The number of hydrogen-bond acceptors (Lipinski definition) is 2. The lowest BCUT2D eigenvalue weighted by molar-refractivity contribution is 0.0686. The molecule has 0 bridgehead atoms. The first kappa shape index (κ1) is 8.86. The van der Waals surface area contributed by atoms with Crippen molar-refractivity contribution in [3.05, 3.63) is 28.5 Å². The van der Waals surface area contributed by atoms with E-state index in [0.29, 0.717) is 6.20 Å². The molecule has 1 heterocycles. The number of hydrogen-bond donors (Lipinski definition) is 1. The first-order chi connectivity index (χ1) is 5.54. The standard InChI is InChI=1S/C6H2ClF2NO2/c7-5-4(9)3(6(11)12)2(8)1-10-5/h1H,(H,11,12). The molecule has 0 radical (unpaired) electrons. The molecule has 1 aromatic heterocycles. The van der Waals surface area contributed by atoms with Crippen LogP contribution >= 0.6 is 11.6 Å². The first-order valence-corrected chi connectivity index (χ1v) is 3.14. The highest BCUT2D eigenvalue weighted by Gasteiger charge is 2.19. The van der Waals surface area contributed by atoms with Crippen molar-refractivity contribution >= 4 is 17.6 Å². The molecule has 0 unspecified atom stereocenters. The molecule has 0 fully saturated rings. The summed E-state index contributed by atoms with van der Waals surface area (Å²) in [6.45, 7) is 0. The molecule has 3 nitrogen and oxygen atoms in total. The number of aromatic carboxylic acids is 1. The SMILES string of the molecule is O=C(O)c1c(F)cnc(Cl)c1F. The molecule has 1 rings (SSSR count). The van der Waals surface area contributed by atoms with E-state index in [-0.39, 0.29) is 0 Å². The highest BCUT2D eigenvalue weighted by Crippen LogP contribution is 2.17. The number of halogens is 3. The van der Waals surface area contributed by atoms with Gasteiger partial charge in [-0.2, -0.15) is 0 Å². The second kappa shape index (κ2) is 3.02. The summed E-state index contributed by atoms with van der Waals surface area (Å²) < 4.78 is 25.2. The van der Waals surface area contributed by atoms with Crippen LogP contribution in [0, 0.1) is 11.6 Å². The monoisotopic (exact) mass is 193 g/mol. The van der Waals surface area contributed by atoms with E-state index in [2.05, 4.69) is 4.98 Å². The van der Waals surface area contributed by atoms with Crippen molar-refractivity contribution in [2.24, 2.45) is 0 Å². The summed E-state index contributed by atoms with van der Waals surface area (Å²) in [6.07, 6.45) is 0.550. The lowest BCUT2D eigenvalue weighted by Gasteiger charge is -1.98. The zero-order valence-corrected chi connectivity index (χ0v) is 6.27.